The Kier molecular flexibility index (Phi) is 2.66. The SMILES string of the molecule is N#CNC(=O)c1ccc2c(c1)CNCC2. The van der Waals surface area contributed by atoms with Gasteiger partial charge in [-0.2, -0.15) is 5.26 Å². The fourth-order valence-electron chi connectivity index (χ4n) is 1.74. The zero-order valence-electron chi connectivity index (χ0n) is 8.21. The van der Waals surface area contributed by atoms with Gasteiger partial charge in [0.25, 0.3) is 5.91 Å². The van der Waals surface area contributed by atoms with E-state index in [1.165, 1.54) is 5.56 Å². The Morgan fingerprint density at radius 2 is 2.33 bits per heavy atom. The molecule has 1 amide bonds. The number of carbonyl (C=O) groups is 1. The molecule has 0 spiro atoms. The monoisotopic (exact) mass is 201 g/mol. The highest BCUT2D eigenvalue weighted by Gasteiger charge is 2.11. The lowest BCUT2D eigenvalue weighted by Crippen LogP contribution is -2.24. The summed E-state index contributed by atoms with van der Waals surface area (Å²) in [5.74, 6) is -0.342. The number of carbonyl (C=O) groups excluding carboxylic acids is 1. The van der Waals surface area contributed by atoms with Crippen molar-refractivity contribution in [2.24, 2.45) is 0 Å². The number of fused-ring (bicyclic) bond motifs is 1. The minimum atomic E-state index is -0.342. The number of nitrogens with one attached hydrogen (secondary N) is 2. The molecule has 4 heteroatoms. The van der Waals surface area contributed by atoms with E-state index < -0.39 is 0 Å². The smallest absolute Gasteiger partial charge is 0.264 e. The maximum Gasteiger partial charge on any atom is 0.264 e. The van der Waals surface area contributed by atoms with E-state index in [4.69, 9.17) is 5.26 Å². The third kappa shape index (κ3) is 1.97. The van der Waals surface area contributed by atoms with Crippen LogP contribution >= 0.6 is 0 Å². The zero-order chi connectivity index (χ0) is 10.7. The first-order valence-electron chi connectivity index (χ1n) is 4.83. The second-order valence-corrected chi connectivity index (χ2v) is 3.48. The third-order valence-corrected chi connectivity index (χ3v) is 2.52. The molecule has 1 aromatic carbocycles. The molecule has 4 nitrogen and oxygen atoms in total. The largest absolute Gasteiger partial charge is 0.312 e. The Morgan fingerprint density at radius 1 is 1.47 bits per heavy atom. The third-order valence-electron chi connectivity index (χ3n) is 2.52. The molecule has 0 bridgehead atoms. The summed E-state index contributed by atoms with van der Waals surface area (Å²) in [6.45, 7) is 1.78. The molecule has 2 rings (SSSR count). The van der Waals surface area contributed by atoms with Crippen LogP contribution in [0.4, 0.5) is 0 Å². The maximum atomic E-state index is 11.4. The van der Waals surface area contributed by atoms with E-state index in [0.717, 1.165) is 25.1 Å². The zero-order valence-corrected chi connectivity index (χ0v) is 8.21. The molecule has 1 aliphatic rings. The van der Waals surface area contributed by atoms with Crippen LogP contribution in [0.15, 0.2) is 18.2 Å². The van der Waals surface area contributed by atoms with Crippen molar-refractivity contribution in [1.29, 1.82) is 5.26 Å². The van der Waals surface area contributed by atoms with Gasteiger partial charge in [0.15, 0.2) is 6.19 Å². The quantitative estimate of drug-likeness (QED) is 0.515. The second-order valence-electron chi connectivity index (χ2n) is 3.48. The van der Waals surface area contributed by atoms with Gasteiger partial charge in [0.1, 0.15) is 0 Å². The van der Waals surface area contributed by atoms with Crippen LogP contribution in [-0.2, 0) is 13.0 Å². The first kappa shape index (κ1) is 9.69. The van der Waals surface area contributed by atoms with Crippen molar-refractivity contribution in [2.45, 2.75) is 13.0 Å². The Bertz CT molecular complexity index is 434. The molecular weight excluding hydrogens is 190 g/mol. The molecule has 0 aliphatic carbocycles. The molecule has 0 atom stereocenters. The van der Waals surface area contributed by atoms with E-state index >= 15 is 0 Å². The first-order valence-corrected chi connectivity index (χ1v) is 4.83. The summed E-state index contributed by atoms with van der Waals surface area (Å²) >= 11 is 0. The topological polar surface area (TPSA) is 64.9 Å². The average molecular weight is 201 g/mol. The van der Waals surface area contributed by atoms with Crippen molar-refractivity contribution in [1.82, 2.24) is 10.6 Å². The maximum absolute atomic E-state index is 11.4. The van der Waals surface area contributed by atoms with Crippen LogP contribution < -0.4 is 10.6 Å². The molecule has 15 heavy (non-hydrogen) atoms. The lowest BCUT2D eigenvalue weighted by atomic mass is 9.98. The summed E-state index contributed by atoms with van der Waals surface area (Å²) in [6, 6.07) is 5.56. The molecule has 2 N–H and O–H groups in total. The molecular formula is C11H11N3O. The summed E-state index contributed by atoms with van der Waals surface area (Å²) in [5.41, 5.74) is 2.97. The van der Waals surface area contributed by atoms with Crippen molar-refractivity contribution in [2.75, 3.05) is 6.54 Å². The number of hydrogen-bond acceptors (Lipinski definition) is 3. The van der Waals surface area contributed by atoms with Crippen LogP contribution in [0.2, 0.25) is 0 Å². The van der Waals surface area contributed by atoms with Crippen molar-refractivity contribution >= 4 is 5.91 Å². The number of hydrogen-bond donors (Lipinski definition) is 2. The van der Waals surface area contributed by atoms with E-state index in [9.17, 15) is 4.79 Å². The average Bonchev–Trinajstić information content (AvgIpc) is 2.29. The van der Waals surface area contributed by atoms with Crippen LogP contribution in [0.5, 0.6) is 0 Å². The predicted molar refractivity (Wildman–Crippen MR) is 54.9 cm³/mol. The van der Waals surface area contributed by atoms with Gasteiger partial charge in [-0.15, -0.1) is 0 Å². The minimum absolute atomic E-state index is 0.342. The highest BCUT2D eigenvalue weighted by atomic mass is 16.1. The van der Waals surface area contributed by atoms with Crippen molar-refractivity contribution in [3.05, 3.63) is 34.9 Å². The molecule has 1 aliphatic heterocycles. The van der Waals surface area contributed by atoms with Crippen LogP contribution in [0.1, 0.15) is 21.5 Å². The molecule has 0 fully saturated rings. The second kappa shape index (κ2) is 4.11. The van der Waals surface area contributed by atoms with Gasteiger partial charge in [-0.05, 0) is 36.2 Å². The van der Waals surface area contributed by atoms with Crippen molar-refractivity contribution in [3.63, 3.8) is 0 Å². The lowest BCUT2D eigenvalue weighted by molar-refractivity contribution is 0.0972. The normalized spacial score (nSPS) is 13.8. The van der Waals surface area contributed by atoms with Crippen LogP contribution in [0, 0.1) is 11.5 Å². The van der Waals surface area contributed by atoms with Crippen molar-refractivity contribution < 1.29 is 4.79 Å². The number of benzene rings is 1. The van der Waals surface area contributed by atoms with Crippen LogP contribution in [0.25, 0.3) is 0 Å². The fourth-order valence-corrected chi connectivity index (χ4v) is 1.74. The predicted octanol–water partition coefficient (Wildman–Crippen LogP) is 0.543. The summed E-state index contributed by atoms with van der Waals surface area (Å²) in [5, 5.41) is 13.7. The number of amides is 1. The van der Waals surface area contributed by atoms with E-state index in [1.54, 1.807) is 12.3 Å². The number of nitriles is 1. The van der Waals surface area contributed by atoms with Gasteiger partial charge < -0.3 is 5.32 Å². The molecule has 0 aromatic heterocycles. The van der Waals surface area contributed by atoms with Crippen molar-refractivity contribution in [3.8, 4) is 6.19 Å². The molecule has 0 saturated carbocycles. The summed E-state index contributed by atoms with van der Waals surface area (Å²) < 4.78 is 0. The lowest BCUT2D eigenvalue weighted by Gasteiger charge is -2.17. The minimum Gasteiger partial charge on any atom is -0.312 e. The van der Waals surface area contributed by atoms with Gasteiger partial charge in [0.2, 0.25) is 0 Å². The molecule has 1 heterocycles. The number of nitrogens with zero attached hydrogens (tertiary/aromatic N) is 1. The van der Waals surface area contributed by atoms with E-state index in [0.29, 0.717) is 5.56 Å². The highest BCUT2D eigenvalue weighted by molar-refractivity contribution is 5.95. The first-order chi connectivity index (χ1) is 7.31. The van der Waals surface area contributed by atoms with Gasteiger partial charge in [-0.1, -0.05) is 6.07 Å². The molecule has 76 valence electrons. The van der Waals surface area contributed by atoms with Gasteiger partial charge in [0.05, 0.1) is 0 Å². The molecule has 0 radical (unpaired) electrons. The summed E-state index contributed by atoms with van der Waals surface area (Å²) in [4.78, 5) is 11.4. The standard InChI is InChI=1S/C11H11N3O/c12-7-14-11(15)9-2-1-8-3-4-13-6-10(8)5-9/h1-2,5,13H,3-4,6H2,(H,14,15). The van der Waals surface area contributed by atoms with Gasteiger partial charge in [-0.3, -0.25) is 10.1 Å². The van der Waals surface area contributed by atoms with E-state index in [2.05, 4.69) is 10.6 Å². The Labute approximate surface area is 87.9 Å². The number of rotatable bonds is 1. The van der Waals surface area contributed by atoms with E-state index in [-0.39, 0.29) is 5.91 Å². The van der Waals surface area contributed by atoms with Gasteiger partial charge in [0, 0.05) is 12.1 Å². The molecule has 0 unspecified atom stereocenters. The summed E-state index contributed by atoms with van der Waals surface area (Å²) in [7, 11) is 0. The van der Waals surface area contributed by atoms with Gasteiger partial charge in [-0.25, -0.2) is 0 Å². The van der Waals surface area contributed by atoms with Crippen LogP contribution in [-0.4, -0.2) is 12.5 Å². The molecule has 1 aromatic rings. The molecule has 0 saturated heterocycles. The Balaban J connectivity index is 2.28. The Morgan fingerprint density at radius 3 is 3.13 bits per heavy atom. The van der Waals surface area contributed by atoms with E-state index in [1.807, 2.05) is 12.1 Å². The summed E-state index contributed by atoms with van der Waals surface area (Å²) in [6.07, 6.45) is 2.63. The fraction of sp³-hybridized carbons (Fsp3) is 0.273. The van der Waals surface area contributed by atoms with Gasteiger partial charge >= 0.3 is 0 Å². The van der Waals surface area contributed by atoms with Crippen LogP contribution in [0.3, 0.4) is 0 Å². The Hall–Kier alpha value is -1.86. The highest BCUT2D eigenvalue weighted by Crippen LogP contribution is 2.15.